The molecule has 0 saturated heterocycles. The molecule has 0 aliphatic carbocycles. The maximum absolute atomic E-state index is 12.4. The Bertz CT molecular complexity index is 949. The maximum Gasteiger partial charge on any atom is 0.257 e. The molecule has 0 aliphatic rings. The van der Waals surface area contributed by atoms with Gasteiger partial charge in [-0.3, -0.25) is 10.1 Å². The first-order valence-corrected chi connectivity index (χ1v) is 10.4. The van der Waals surface area contributed by atoms with E-state index in [1.165, 1.54) is 24.0 Å². The molecule has 1 amide bonds. The van der Waals surface area contributed by atoms with Crippen molar-refractivity contribution in [2.75, 3.05) is 19.5 Å². The number of ether oxygens (including phenoxy) is 2. The molecule has 1 heterocycles. The highest BCUT2D eigenvalue weighted by atomic mass is 79.9. The molecule has 6 nitrogen and oxygen atoms in total. The van der Waals surface area contributed by atoms with E-state index < -0.39 is 0 Å². The van der Waals surface area contributed by atoms with Crippen molar-refractivity contribution in [2.45, 2.75) is 10.1 Å². The molecule has 0 aliphatic heterocycles. The molecular weight excluding hydrogens is 450 g/mol. The van der Waals surface area contributed by atoms with Crippen molar-refractivity contribution in [3.05, 3.63) is 58.1 Å². The summed E-state index contributed by atoms with van der Waals surface area (Å²) in [6.45, 7) is 0. The Morgan fingerprint density at radius 2 is 1.93 bits per heavy atom. The van der Waals surface area contributed by atoms with Crippen LogP contribution in [0.5, 0.6) is 11.5 Å². The third kappa shape index (κ3) is 5.00. The number of rotatable bonds is 7. The summed E-state index contributed by atoms with van der Waals surface area (Å²) in [5, 5.41) is 11.4. The Morgan fingerprint density at radius 1 is 1.15 bits per heavy atom. The van der Waals surface area contributed by atoms with Gasteiger partial charge in [-0.1, -0.05) is 57.2 Å². The van der Waals surface area contributed by atoms with Gasteiger partial charge in [0.25, 0.3) is 5.91 Å². The van der Waals surface area contributed by atoms with E-state index in [0.29, 0.717) is 22.2 Å². The van der Waals surface area contributed by atoms with Gasteiger partial charge in [0.15, 0.2) is 15.8 Å². The minimum Gasteiger partial charge on any atom is -0.493 e. The molecule has 140 valence electrons. The number of methoxy groups -OCH3 is 2. The molecule has 1 N–H and O–H groups in total. The fourth-order valence-corrected chi connectivity index (χ4v) is 4.58. The number of aromatic nitrogens is 2. The van der Waals surface area contributed by atoms with Crippen molar-refractivity contribution in [1.82, 2.24) is 10.2 Å². The van der Waals surface area contributed by atoms with E-state index in [1.807, 2.05) is 18.2 Å². The molecule has 27 heavy (non-hydrogen) atoms. The van der Waals surface area contributed by atoms with Gasteiger partial charge in [-0.15, -0.1) is 10.2 Å². The van der Waals surface area contributed by atoms with E-state index in [1.54, 1.807) is 37.1 Å². The quantitative estimate of drug-likeness (QED) is 0.396. The van der Waals surface area contributed by atoms with Gasteiger partial charge in [-0.05, 0) is 29.8 Å². The molecule has 1 aromatic heterocycles. The normalized spacial score (nSPS) is 10.5. The lowest BCUT2D eigenvalue weighted by atomic mass is 10.2. The average molecular weight is 466 g/mol. The van der Waals surface area contributed by atoms with Crippen molar-refractivity contribution in [1.29, 1.82) is 0 Å². The Kier molecular flexibility index (Phi) is 6.70. The predicted octanol–water partition coefficient (Wildman–Crippen LogP) is 4.86. The summed E-state index contributed by atoms with van der Waals surface area (Å²) in [6.07, 6.45) is 0. The van der Waals surface area contributed by atoms with E-state index in [0.717, 1.165) is 14.6 Å². The lowest BCUT2D eigenvalue weighted by molar-refractivity contribution is 0.102. The summed E-state index contributed by atoms with van der Waals surface area (Å²) in [7, 11) is 3.07. The van der Waals surface area contributed by atoms with Crippen LogP contribution in [-0.2, 0) is 5.75 Å². The predicted molar refractivity (Wildman–Crippen MR) is 111 cm³/mol. The fraction of sp³-hybridized carbons (Fsp3) is 0.167. The second kappa shape index (κ2) is 9.20. The van der Waals surface area contributed by atoms with Crippen LogP contribution in [0, 0.1) is 0 Å². The highest BCUT2D eigenvalue weighted by Crippen LogP contribution is 2.31. The number of nitrogens with zero attached hydrogens (tertiary/aromatic N) is 2. The van der Waals surface area contributed by atoms with Gasteiger partial charge >= 0.3 is 0 Å². The highest BCUT2D eigenvalue weighted by Gasteiger charge is 2.14. The molecule has 0 saturated carbocycles. The molecule has 3 aromatic rings. The number of carbonyl (C=O) groups excluding carboxylic acids is 1. The molecular formula is C18H16BrN3O3S2. The standard InChI is InChI=1S/C18H16BrN3O3S2/c1-24-14-8-7-11(9-15(14)25-2)16(23)20-17-21-22-18(27-17)26-10-12-5-3-4-6-13(12)19/h3-9H,10H2,1-2H3,(H,20,21,23). The smallest absolute Gasteiger partial charge is 0.257 e. The van der Waals surface area contributed by atoms with Gasteiger partial charge in [-0.2, -0.15) is 0 Å². The number of nitrogens with one attached hydrogen (secondary N) is 1. The average Bonchev–Trinajstić information content (AvgIpc) is 3.14. The van der Waals surface area contributed by atoms with Crippen LogP contribution < -0.4 is 14.8 Å². The van der Waals surface area contributed by atoms with Crippen molar-refractivity contribution >= 4 is 50.1 Å². The zero-order chi connectivity index (χ0) is 19.2. The van der Waals surface area contributed by atoms with Crippen LogP contribution in [0.2, 0.25) is 0 Å². The molecule has 9 heteroatoms. The summed E-state index contributed by atoms with van der Waals surface area (Å²) in [5.41, 5.74) is 1.62. The lowest BCUT2D eigenvalue weighted by Crippen LogP contribution is -2.11. The first-order valence-electron chi connectivity index (χ1n) is 7.84. The monoisotopic (exact) mass is 465 g/mol. The van der Waals surface area contributed by atoms with Crippen molar-refractivity contribution in [3.8, 4) is 11.5 Å². The first-order chi connectivity index (χ1) is 13.1. The van der Waals surface area contributed by atoms with E-state index >= 15 is 0 Å². The molecule has 0 fully saturated rings. The molecule has 2 aromatic carbocycles. The van der Waals surface area contributed by atoms with E-state index in [-0.39, 0.29) is 5.91 Å². The van der Waals surface area contributed by atoms with Crippen LogP contribution in [-0.4, -0.2) is 30.3 Å². The fourth-order valence-electron chi connectivity index (χ4n) is 2.22. The molecule has 0 unspecified atom stereocenters. The third-order valence-electron chi connectivity index (χ3n) is 3.58. The molecule has 0 bridgehead atoms. The van der Waals surface area contributed by atoms with Crippen LogP contribution >= 0.6 is 39.0 Å². The Hall–Kier alpha value is -2.10. The van der Waals surface area contributed by atoms with E-state index in [9.17, 15) is 4.79 Å². The van der Waals surface area contributed by atoms with Crippen molar-refractivity contribution < 1.29 is 14.3 Å². The summed E-state index contributed by atoms with van der Waals surface area (Å²) < 4.78 is 12.3. The third-order valence-corrected chi connectivity index (χ3v) is 6.38. The number of benzene rings is 2. The summed E-state index contributed by atoms with van der Waals surface area (Å²) in [4.78, 5) is 12.4. The van der Waals surface area contributed by atoms with Gasteiger partial charge in [0.2, 0.25) is 5.13 Å². The Labute approximate surface area is 173 Å². The first kappa shape index (κ1) is 19.7. The topological polar surface area (TPSA) is 73.3 Å². The number of thioether (sulfide) groups is 1. The molecule has 3 rings (SSSR count). The van der Waals surface area contributed by atoms with Gasteiger partial charge in [0.05, 0.1) is 14.2 Å². The second-order valence-corrected chi connectivity index (χ2v) is 8.33. The number of hydrogen-bond donors (Lipinski definition) is 1. The second-order valence-electron chi connectivity index (χ2n) is 5.28. The largest absolute Gasteiger partial charge is 0.493 e. The van der Waals surface area contributed by atoms with E-state index in [4.69, 9.17) is 9.47 Å². The number of carbonyl (C=O) groups is 1. The molecule has 0 spiro atoms. The van der Waals surface area contributed by atoms with Crippen molar-refractivity contribution in [3.63, 3.8) is 0 Å². The minimum absolute atomic E-state index is 0.283. The Balaban J connectivity index is 1.63. The zero-order valence-electron chi connectivity index (χ0n) is 14.6. The maximum atomic E-state index is 12.4. The number of hydrogen-bond acceptors (Lipinski definition) is 7. The van der Waals surface area contributed by atoms with Crippen LogP contribution in [0.15, 0.2) is 51.3 Å². The number of amides is 1. The zero-order valence-corrected chi connectivity index (χ0v) is 17.8. The van der Waals surface area contributed by atoms with Gasteiger partial charge in [0.1, 0.15) is 0 Å². The summed E-state index contributed by atoms with van der Waals surface area (Å²) >= 11 is 6.44. The van der Waals surface area contributed by atoms with Crippen LogP contribution in [0.1, 0.15) is 15.9 Å². The van der Waals surface area contributed by atoms with Gasteiger partial charge in [0, 0.05) is 15.8 Å². The SMILES string of the molecule is COc1ccc(C(=O)Nc2nnc(SCc3ccccc3Br)s2)cc1OC. The molecule has 0 radical (unpaired) electrons. The van der Waals surface area contributed by atoms with Crippen molar-refractivity contribution in [2.24, 2.45) is 0 Å². The van der Waals surface area contributed by atoms with Gasteiger partial charge < -0.3 is 9.47 Å². The summed E-state index contributed by atoms with van der Waals surface area (Å²) in [5.74, 6) is 1.54. The van der Waals surface area contributed by atoms with E-state index in [2.05, 4.69) is 37.5 Å². The number of halogens is 1. The van der Waals surface area contributed by atoms with Gasteiger partial charge in [-0.25, -0.2) is 0 Å². The van der Waals surface area contributed by atoms with Crippen LogP contribution in [0.3, 0.4) is 0 Å². The highest BCUT2D eigenvalue weighted by molar-refractivity contribution is 9.10. The van der Waals surface area contributed by atoms with Crippen LogP contribution in [0.4, 0.5) is 5.13 Å². The lowest BCUT2D eigenvalue weighted by Gasteiger charge is -2.08. The van der Waals surface area contributed by atoms with Crippen LogP contribution in [0.25, 0.3) is 0 Å². The minimum atomic E-state index is -0.283. The number of anilines is 1. The Morgan fingerprint density at radius 3 is 2.67 bits per heavy atom. The molecule has 0 atom stereocenters. The summed E-state index contributed by atoms with van der Waals surface area (Å²) in [6, 6.07) is 13.0.